The molecule has 0 N–H and O–H groups in total. The average Bonchev–Trinajstić information content (AvgIpc) is 3.26. The standard InChI is InChI=1S/C51H64O10/c1-4-6-8-10-12-14-16-18-36-56-42-28-32-46(33-29-42)60-50(54)40-20-24-44(25-21-40)58-48(52)38-39(3)49(53)59-45-26-22-41(23-27-45)51(55)61-47-34-30-43(31-35-47)57-37-19-17-15-13-11-9-7-5-2/h20-35,39H,4-19,36-38H2,1-3H3. The van der Waals surface area contributed by atoms with Crippen molar-refractivity contribution in [3.8, 4) is 34.5 Å². The summed E-state index contributed by atoms with van der Waals surface area (Å²) in [6, 6.07) is 25.7. The van der Waals surface area contributed by atoms with Crippen molar-refractivity contribution in [1.29, 1.82) is 0 Å². The van der Waals surface area contributed by atoms with E-state index in [1.54, 1.807) is 55.5 Å². The Morgan fingerprint density at radius 3 is 1.10 bits per heavy atom. The average molecular weight is 837 g/mol. The highest BCUT2D eigenvalue weighted by Gasteiger charge is 2.21. The van der Waals surface area contributed by atoms with Crippen LogP contribution in [0.2, 0.25) is 0 Å². The lowest BCUT2D eigenvalue weighted by Crippen LogP contribution is -2.23. The topological polar surface area (TPSA) is 124 Å². The first kappa shape index (κ1) is 48.0. The number of carbonyl (C=O) groups excluding carboxylic acids is 4. The summed E-state index contributed by atoms with van der Waals surface area (Å²) in [5.74, 6) is -0.614. The van der Waals surface area contributed by atoms with Crippen LogP contribution >= 0.6 is 0 Å². The van der Waals surface area contributed by atoms with Crippen LogP contribution in [0.15, 0.2) is 97.1 Å². The van der Waals surface area contributed by atoms with Gasteiger partial charge in [-0.05, 0) is 110 Å². The maximum absolute atomic E-state index is 12.8. The van der Waals surface area contributed by atoms with Crippen molar-refractivity contribution >= 4 is 23.9 Å². The van der Waals surface area contributed by atoms with Crippen LogP contribution in [0.5, 0.6) is 34.5 Å². The van der Waals surface area contributed by atoms with Crippen molar-refractivity contribution < 1.29 is 47.6 Å². The predicted octanol–water partition coefficient (Wildman–Crippen LogP) is 12.7. The van der Waals surface area contributed by atoms with Crippen molar-refractivity contribution in [2.75, 3.05) is 13.2 Å². The lowest BCUT2D eigenvalue weighted by molar-refractivity contribution is -0.144. The normalized spacial score (nSPS) is 11.3. The lowest BCUT2D eigenvalue weighted by atomic mass is 10.1. The summed E-state index contributed by atoms with van der Waals surface area (Å²) in [5, 5.41) is 0. The molecule has 0 saturated heterocycles. The molecule has 4 rings (SSSR count). The van der Waals surface area contributed by atoms with E-state index >= 15 is 0 Å². The number of unbranched alkanes of at least 4 members (excludes halogenated alkanes) is 14. The van der Waals surface area contributed by atoms with Gasteiger partial charge in [-0.15, -0.1) is 0 Å². The van der Waals surface area contributed by atoms with Gasteiger partial charge < -0.3 is 28.4 Å². The molecule has 328 valence electrons. The Bertz CT molecular complexity index is 1870. The van der Waals surface area contributed by atoms with E-state index in [1.165, 1.54) is 126 Å². The van der Waals surface area contributed by atoms with Crippen LogP contribution in [0.3, 0.4) is 0 Å². The van der Waals surface area contributed by atoms with E-state index in [-0.39, 0.29) is 29.0 Å². The molecule has 0 aliphatic rings. The SMILES string of the molecule is CCCCCCCCCCOc1ccc(OC(=O)c2ccc(OC(=O)CC(C)C(=O)Oc3ccc(C(=O)Oc4ccc(OCCCCCCCCCC)cc4)cc3)cc2)cc1. The van der Waals surface area contributed by atoms with Crippen LogP contribution in [0.4, 0.5) is 0 Å². The second-order valence-electron chi connectivity index (χ2n) is 15.4. The zero-order chi connectivity index (χ0) is 43.5. The molecular weight excluding hydrogens is 773 g/mol. The Morgan fingerprint density at radius 1 is 0.393 bits per heavy atom. The molecule has 0 aliphatic carbocycles. The fourth-order valence-corrected chi connectivity index (χ4v) is 6.43. The van der Waals surface area contributed by atoms with Gasteiger partial charge in [0.2, 0.25) is 0 Å². The van der Waals surface area contributed by atoms with Gasteiger partial charge in [0, 0.05) is 0 Å². The highest BCUT2D eigenvalue weighted by atomic mass is 16.6. The van der Waals surface area contributed by atoms with Crippen molar-refractivity contribution in [2.24, 2.45) is 5.92 Å². The van der Waals surface area contributed by atoms with Gasteiger partial charge in [-0.2, -0.15) is 0 Å². The summed E-state index contributed by atoms with van der Waals surface area (Å²) in [7, 11) is 0. The third-order valence-electron chi connectivity index (χ3n) is 10.1. The van der Waals surface area contributed by atoms with Crippen LogP contribution in [-0.2, 0) is 9.59 Å². The van der Waals surface area contributed by atoms with Crippen LogP contribution in [0.25, 0.3) is 0 Å². The first-order chi connectivity index (χ1) is 29.7. The van der Waals surface area contributed by atoms with Crippen LogP contribution < -0.4 is 28.4 Å². The van der Waals surface area contributed by atoms with E-state index in [0.717, 1.165) is 37.2 Å². The number of rotatable bonds is 29. The number of benzene rings is 4. The fraction of sp³-hybridized carbons (Fsp3) is 0.451. The number of ether oxygens (including phenoxy) is 6. The molecule has 0 bridgehead atoms. The Morgan fingerprint density at radius 2 is 0.705 bits per heavy atom. The van der Waals surface area contributed by atoms with Gasteiger partial charge in [0.25, 0.3) is 0 Å². The molecule has 10 heteroatoms. The molecule has 0 aliphatic heterocycles. The molecule has 1 atom stereocenters. The maximum atomic E-state index is 12.8. The fourth-order valence-electron chi connectivity index (χ4n) is 6.43. The van der Waals surface area contributed by atoms with Crippen LogP contribution in [-0.4, -0.2) is 37.1 Å². The van der Waals surface area contributed by atoms with Gasteiger partial charge in [-0.3, -0.25) is 9.59 Å². The molecule has 1 unspecified atom stereocenters. The summed E-state index contributed by atoms with van der Waals surface area (Å²) in [5.41, 5.74) is 0.545. The second kappa shape index (κ2) is 28.0. The smallest absolute Gasteiger partial charge is 0.343 e. The first-order valence-corrected chi connectivity index (χ1v) is 22.3. The Kier molecular flexibility index (Phi) is 22.0. The molecule has 0 spiro atoms. The molecule has 61 heavy (non-hydrogen) atoms. The van der Waals surface area contributed by atoms with E-state index in [4.69, 9.17) is 28.4 Å². The molecule has 10 nitrogen and oxygen atoms in total. The maximum Gasteiger partial charge on any atom is 0.343 e. The number of esters is 4. The van der Waals surface area contributed by atoms with Gasteiger partial charge >= 0.3 is 23.9 Å². The highest BCUT2D eigenvalue weighted by molar-refractivity contribution is 5.92. The van der Waals surface area contributed by atoms with Crippen molar-refractivity contribution in [3.63, 3.8) is 0 Å². The Labute approximate surface area is 362 Å². The van der Waals surface area contributed by atoms with E-state index in [2.05, 4.69) is 13.8 Å². The summed E-state index contributed by atoms with van der Waals surface area (Å²) in [6.07, 6.45) is 19.5. The Balaban J connectivity index is 1.10. The van der Waals surface area contributed by atoms with Gasteiger partial charge in [-0.1, -0.05) is 111 Å². The minimum absolute atomic E-state index is 0.209. The molecule has 4 aromatic carbocycles. The molecule has 0 radical (unpaired) electrons. The first-order valence-electron chi connectivity index (χ1n) is 22.3. The molecule has 4 aromatic rings. The molecular formula is C51H64O10. The van der Waals surface area contributed by atoms with Gasteiger partial charge in [-0.25, -0.2) is 9.59 Å². The van der Waals surface area contributed by atoms with E-state index in [9.17, 15) is 19.2 Å². The third-order valence-corrected chi connectivity index (χ3v) is 10.1. The number of hydrogen-bond acceptors (Lipinski definition) is 10. The van der Waals surface area contributed by atoms with Gasteiger partial charge in [0.05, 0.1) is 36.7 Å². The predicted molar refractivity (Wildman–Crippen MR) is 237 cm³/mol. The summed E-state index contributed by atoms with van der Waals surface area (Å²) in [6.45, 7) is 7.31. The van der Waals surface area contributed by atoms with Crippen molar-refractivity contribution in [3.05, 3.63) is 108 Å². The lowest BCUT2D eigenvalue weighted by Gasteiger charge is -2.12. The zero-order valence-electron chi connectivity index (χ0n) is 36.3. The molecule has 0 fully saturated rings. The minimum atomic E-state index is -0.819. The van der Waals surface area contributed by atoms with E-state index in [0.29, 0.717) is 24.7 Å². The van der Waals surface area contributed by atoms with Gasteiger partial charge in [0.15, 0.2) is 0 Å². The molecule has 0 heterocycles. The Hall–Kier alpha value is -5.64. The monoisotopic (exact) mass is 836 g/mol. The van der Waals surface area contributed by atoms with Crippen LogP contribution in [0.1, 0.15) is 151 Å². The molecule has 0 saturated carbocycles. The van der Waals surface area contributed by atoms with Gasteiger partial charge in [0.1, 0.15) is 34.5 Å². The minimum Gasteiger partial charge on any atom is -0.494 e. The summed E-state index contributed by atoms with van der Waals surface area (Å²) >= 11 is 0. The van der Waals surface area contributed by atoms with E-state index in [1.807, 2.05) is 0 Å². The quantitative estimate of drug-likeness (QED) is 0.0296. The summed E-state index contributed by atoms with van der Waals surface area (Å²) < 4.78 is 33.5. The summed E-state index contributed by atoms with van der Waals surface area (Å²) in [4.78, 5) is 50.9. The largest absolute Gasteiger partial charge is 0.494 e. The number of hydrogen-bond donors (Lipinski definition) is 0. The zero-order valence-corrected chi connectivity index (χ0v) is 36.3. The van der Waals surface area contributed by atoms with E-state index < -0.39 is 29.8 Å². The van der Waals surface area contributed by atoms with Crippen molar-refractivity contribution in [1.82, 2.24) is 0 Å². The molecule has 0 amide bonds. The molecule has 0 aromatic heterocycles. The highest BCUT2D eigenvalue weighted by Crippen LogP contribution is 2.23. The third kappa shape index (κ3) is 19.1. The number of carbonyl (C=O) groups is 4. The second-order valence-corrected chi connectivity index (χ2v) is 15.4. The van der Waals surface area contributed by atoms with Crippen molar-refractivity contribution in [2.45, 2.75) is 130 Å². The van der Waals surface area contributed by atoms with Crippen LogP contribution in [0, 0.1) is 5.92 Å².